The third-order valence-corrected chi connectivity index (χ3v) is 11.5. The van der Waals surface area contributed by atoms with Gasteiger partial charge in [-0.15, -0.1) is 0 Å². The topological polar surface area (TPSA) is 44.8 Å². The van der Waals surface area contributed by atoms with E-state index in [-0.39, 0.29) is 0 Å². The standard InChI is InChI=1S/C12H28O4Si3/c1-9-12(13)14-10-11-19(8,15-17(2,3)4)16-18(5,6)7/h9H,1,10-11H2,2-8H3. The average molecular weight is 321 g/mol. The van der Waals surface area contributed by atoms with Crippen molar-refractivity contribution in [3.63, 3.8) is 0 Å². The lowest BCUT2D eigenvalue weighted by Crippen LogP contribution is -2.53. The van der Waals surface area contributed by atoms with E-state index in [9.17, 15) is 4.79 Å². The Kier molecular flexibility index (Phi) is 6.90. The minimum atomic E-state index is -2.29. The van der Waals surface area contributed by atoms with Gasteiger partial charge in [0.15, 0.2) is 16.6 Å². The lowest BCUT2D eigenvalue weighted by Gasteiger charge is -2.38. The molecule has 0 aromatic rings. The second-order valence-corrected chi connectivity index (χ2v) is 19.5. The van der Waals surface area contributed by atoms with E-state index in [1.807, 2.05) is 0 Å². The molecule has 0 radical (unpaired) electrons. The Labute approximate surface area is 120 Å². The lowest BCUT2D eigenvalue weighted by molar-refractivity contribution is -0.137. The van der Waals surface area contributed by atoms with Crippen molar-refractivity contribution in [1.29, 1.82) is 0 Å². The van der Waals surface area contributed by atoms with Crippen molar-refractivity contribution >= 4 is 31.2 Å². The van der Waals surface area contributed by atoms with Crippen molar-refractivity contribution < 1.29 is 17.8 Å². The minimum absolute atomic E-state index is 0.336. The van der Waals surface area contributed by atoms with Gasteiger partial charge in [-0.25, -0.2) is 4.79 Å². The molecule has 19 heavy (non-hydrogen) atoms. The lowest BCUT2D eigenvalue weighted by atomic mass is 10.6. The van der Waals surface area contributed by atoms with Gasteiger partial charge in [0.2, 0.25) is 0 Å². The molecule has 0 heterocycles. The summed E-state index contributed by atoms with van der Waals surface area (Å²) in [5.41, 5.74) is 0. The zero-order chi connectivity index (χ0) is 15.3. The third kappa shape index (κ3) is 10.3. The molecule has 0 spiro atoms. The first-order valence-electron chi connectivity index (χ1n) is 6.56. The van der Waals surface area contributed by atoms with Crippen LogP contribution in [0.15, 0.2) is 12.7 Å². The highest BCUT2D eigenvalue weighted by Crippen LogP contribution is 2.24. The van der Waals surface area contributed by atoms with Gasteiger partial charge >= 0.3 is 14.5 Å². The van der Waals surface area contributed by atoms with E-state index in [0.29, 0.717) is 12.7 Å². The van der Waals surface area contributed by atoms with E-state index in [2.05, 4.69) is 52.4 Å². The summed E-state index contributed by atoms with van der Waals surface area (Å²) in [5.74, 6) is -0.391. The number of esters is 1. The number of hydrogen-bond donors (Lipinski definition) is 0. The molecule has 0 saturated carbocycles. The highest BCUT2D eigenvalue weighted by Gasteiger charge is 2.40. The predicted molar refractivity (Wildman–Crippen MR) is 86.4 cm³/mol. The average Bonchev–Trinajstić information content (AvgIpc) is 2.10. The summed E-state index contributed by atoms with van der Waals surface area (Å²) >= 11 is 0. The van der Waals surface area contributed by atoms with E-state index >= 15 is 0 Å². The van der Waals surface area contributed by atoms with Gasteiger partial charge in [0, 0.05) is 12.1 Å². The normalized spacial score (nSPS) is 13.2. The van der Waals surface area contributed by atoms with Gasteiger partial charge in [-0.2, -0.15) is 0 Å². The van der Waals surface area contributed by atoms with Crippen LogP contribution in [0, 0.1) is 0 Å². The molecule has 0 unspecified atom stereocenters. The Morgan fingerprint density at radius 1 is 1.00 bits per heavy atom. The van der Waals surface area contributed by atoms with Crippen LogP contribution >= 0.6 is 0 Å². The molecule has 0 aromatic carbocycles. The Morgan fingerprint density at radius 2 is 1.42 bits per heavy atom. The van der Waals surface area contributed by atoms with Crippen LogP contribution in [0.5, 0.6) is 0 Å². The molecule has 0 atom stereocenters. The van der Waals surface area contributed by atoms with Crippen molar-refractivity contribution in [2.24, 2.45) is 0 Å². The first-order valence-corrected chi connectivity index (χ1v) is 15.9. The van der Waals surface area contributed by atoms with Crippen molar-refractivity contribution in [3.05, 3.63) is 12.7 Å². The van der Waals surface area contributed by atoms with Crippen LogP contribution in [0.1, 0.15) is 0 Å². The molecule has 7 heteroatoms. The van der Waals surface area contributed by atoms with Crippen molar-refractivity contribution in [3.8, 4) is 0 Å². The third-order valence-electron chi connectivity index (χ3n) is 2.01. The zero-order valence-corrected chi connectivity index (χ0v) is 16.3. The molecule has 0 N–H and O–H groups in total. The highest BCUT2D eigenvalue weighted by molar-refractivity contribution is 6.87. The van der Waals surface area contributed by atoms with Gasteiger partial charge < -0.3 is 13.0 Å². The van der Waals surface area contributed by atoms with Crippen LogP contribution in [0.2, 0.25) is 51.9 Å². The zero-order valence-electron chi connectivity index (χ0n) is 13.3. The number of hydrogen-bond acceptors (Lipinski definition) is 4. The molecule has 0 aromatic heterocycles. The molecular weight excluding hydrogens is 292 g/mol. The van der Waals surface area contributed by atoms with E-state index in [4.69, 9.17) is 13.0 Å². The van der Waals surface area contributed by atoms with Crippen LogP contribution < -0.4 is 0 Å². The summed E-state index contributed by atoms with van der Waals surface area (Å²) in [5, 5.41) is 0. The fourth-order valence-electron chi connectivity index (χ4n) is 1.81. The summed E-state index contributed by atoms with van der Waals surface area (Å²) in [6, 6.07) is 0.668. The minimum Gasteiger partial charge on any atom is -0.463 e. The summed E-state index contributed by atoms with van der Waals surface area (Å²) < 4.78 is 17.6. The van der Waals surface area contributed by atoms with Crippen LogP contribution in [0.3, 0.4) is 0 Å². The summed E-state index contributed by atoms with van der Waals surface area (Å²) in [4.78, 5) is 11.1. The number of rotatable bonds is 8. The maximum atomic E-state index is 11.1. The first kappa shape index (κ1) is 18.8. The second-order valence-electron chi connectivity index (χ2n) is 6.68. The molecule has 0 saturated heterocycles. The molecule has 112 valence electrons. The summed E-state index contributed by atoms with van der Waals surface area (Å²) in [6.07, 6.45) is 1.18. The molecule has 0 aliphatic carbocycles. The number of ether oxygens (including phenoxy) is 1. The van der Waals surface area contributed by atoms with E-state index in [0.717, 1.165) is 0 Å². The fourth-order valence-corrected chi connectivity index (χ4v) is 14.0. The van der Waals surface area contributed by atoms with Gasteiger partial charge in [0.1, 0.15) is 0 Å². The van der Waals surface area contributed by atoms with Crippen LogP contribution in [0.4, 0.5) is 0 Å². The SMILES string of the molecule is C=CC(=O)OCC[Si](C)(O[Si](C)(C)C)O[Si](C)(C)C. The van der Waals surface area contributed by atoms with Crippen molar-refractivity contribution in [2.75, 3.05) is 6.61 Å². The van der Waals surface area contributed by atoms with Crippen LogP contribution in [0.25, 0.3) is 0 Å². The summed E-state index contributed by atoms with van der Waals surface area (Å²) in [7, 11) is -5.65. The molecule has 0 rings (SSSR count). The maximum Gasteiger partial charge on any atom is 0.330 e. The molecule has 0 aliphatic heterocycles. The van der Waals surface area contributed by atoms with E-state index in [1.165, 1.54) is 6.08 Å². The molecule has 0 fully saturated rings. The predicted octanol–water partition coefficient (Wildman–Crippen LogP) is 3.49. The maximum absolute atomic E-state index is 11.1. The highest BCUT2D eigenvalue weighted by atomic mass is 28.5. The Hall–Kier alpha value is -0.219. The smallest absolute Gasteiger partial charge is 0.330 e. The monoisotopic (exact) mass is 320 g/mol. The molecular formula is C12H28O4Si3. The van der Waals surface area contributed by atoms with Gasteiger partial charge in [-0.05, 0) is 45.8 Å². The van der Waals surface area contributed by atoms with Crippen LogP contribution in [-0.4, -0.2) is 37.8 Å². The van der Waals surface area contributed by atoms with E-state index < -0.39 is 31.2 Å². The number of carbonyl (C=O) groups is 1. The molecule has 0 amide bonds. The van der Waals surface area contributed by atoms with Gasteiger partial charge in [0.05, 0.1) is 6.61 Å². The van der Waals surface area contributed by atoms with Crippen molar-refractivity contribution in [2.45, 2.75) is 51.9 Å². The van der Waals surface area contributed by atoms with Gasteiger partial charge in [-0.3, -0.25) is 0 Å². The largest absolute Gasteiger partial charge is 0.463 e. The van der Waals surface area contributed by atoms with E-state index in [1.54, 1.807) is 0 Å². The molecule has 0 bridgehead atoms. The van der Waals surface area contributed by atoms with Gasteiger partial charge in [0.25, 0.3) is 0 Å². The fraction of sp³-hybridized carbons (Fsp3) is 0.750. The second kappa shape index (κ2) is 6.98. The van der Waals surface area contributed by atoms with Gasteiger partial charge in [-0.1, -0.05) is 6.58 Å². The quantitative estimate of drug-likeness (QED) is 0.390. The first-order chi connectivity index (χ1) is 8.37. The Bertz CT molecular complexity index is 302. The summed E-state index contributed by atoms with van der Waals surface area (Å²) in [6.45, 7) is 18.7. The van der Waals surface area contributed by atoms with Crippen LogP contribution in [-0.2, 0) is 17.8 Å². The Morgan fingerprint density at radius 3 is 1.74 bits per heavy atom. The Balaban J connectivity index is 4.67. The number of carbonyl (C=O) groups excluding carboxylic acids is 1. The van der Waals surface area contributed by atoms with Crippen molar-refractivity contribution in [1.82, 2.24) is 0 Å². The molecule has 0 aliphatic rings. The molecule has 4 nitrogen and oxygen atoms in total.